The number of hydrogen-bond donors (Lipinski definition) is 3. The van der Waals surface area contributed by atoms with Crippen molar-refractivity contribution in [3.8, 4) is 17.2 Å². The molecule has 35 heavy (non-hydrogen) atoms. The summed E-state index contributed by atoms with van der Waals surface area (Å²) in [5.74, 6) is 1.88. The van der Waals surface area contributed by atoms with E-state index in [4.69, 9.17) is 40.9 Å². The first-order chi connectivity index (χ1) is 17.0. The molecule has 6 N–H and O–H groups in total. The summed E-state index contributed by atoms with van der Waals surface area (Å²) in [6, 6.07) is 5.52. The van der Waals surface area contributed by atoms with Gasteiger partial charge in [-0.05, 0) is 43.5 Å². The van der Waals surface area contributed by atoms with Gasteiger partial charge in [-0.25, -0.2) is 4.98 Å². The van der Waals surface area contributed by atoms with Crippen molar-refractivity contribution in [3.63, 3.8) is 0 Å². The van der Waals surface area contributed by atoms with Gasteiger partial charge in [0.05, 0.1) is 38.7 Å². The molecule has 0 spiro atoms. The number of esters is 1. The minimum Gasteiger partial charge on any atom is -0.493 e. The standard InChI is InChI=1S/C24H37N5O6/c1-3-19-22(23(26)29-24(27)28-19)35-12-5-11-34-20-8-7-18(33-15-14-31-13-10-25)16-17(20)6-9-21(30)32-4-2/h7-8,16H,3-6,9-15,25H2,1-2H3,(H4,26,27,28,29). The number of nitrogens with zero attached hydrogens (tertiary/aromatic N) is 2. The van der Waals surface area contributed by atoms with Crippen LogP contribution >= 0.6 is 0 Å². The largest absolute Gasteiger partial charge is 0.493 e. The lowest BCUT2D eigenvalue weighted by atomic mass is 10.1. The maximum absolute atomic E-state index is 11.9. The average molecular weight is 492 g/mol. The van der Waals surface area contributed by atoms with Crippen LogP contribution in [0.1, 0.15) is 37.9 Å². The SMILES string of the molecule is CCOC(=O)CCc1cc(OCCOCCN)ccc1OCCCOc1c(N)nc(N)nc1CC. The quantitative estimate of drug-likeness (QED) is 0.218. The van der Waals surface area contributed by atoms with E-state index in [2.05, 4.69) is 9.97 Å². The summed E-state index contributed by atoms with van der Waals surface area (Å²) < 4.78 is 27.9. The van der Waals surface area contributed by atoms with Gasteiger partial charge in [-0.15, -0.1) is 0 Å². The van der Waals surface area contributed by atoms with E-state index >= 15 is 0 Å². The number of ether oxygens (including phenoxy) is 5. The molecule has 1 heterocycles. The fourth-order valence-electron chi connectivity index (χ4n) is 3.20. The Balaban J connectivity index is 1.93. The number of anilines is 2. The van der Waals surface area contributed by atoms with Crippen molar-refractivity contribution in [2.75, 3.05) is 57.7 Å². The summed E-state index contributed by atoms with van der Waals surface area (Å²) in [5, 5.41) is 0. The van der Waals surface area contributed by atoms with Crippen LogP contribution in [0.5, 0.6) is 17.2 Å². The second-order valence-electron chi connectivity index (χ2n) is 7.47. The molecule has 0 unspecified atom stereocenters. The molecule has 0 saturated carbocycles. The second-order valence-corrected chi connectivity index (χ2v) is 7.47. The molecule has 1 aromatic heterocycles. The van der Waals surface area contributed by atoms with Crippen molar-refractivity contribution in [1.82, 2.24) is 9.97 Å². The molecule has 0 bridgehead atoms. The Kier molecular flexibility index (Phi) is 12.4. The number of nitrogen functional groups attached to an aromatic ring is 2. The molecule has 194 valence electrons. The zero-order valence-corrected chi connectivity index (χ0v) is 20.6. The number of hydrogen-bond acceptors (Lipinski definition) is 11. The smallest absolute Gasteiger partial charge is 0.306 e. The average Bonchev–Trinajstić information content (AvgIpc) is 2.84. The lowest BCUT2D eigenvalue weighted by Crippen LogP contribution is -2.13. The molecule has 0 aliphatic rings. The lowest BCUT2D eigenvalue weighted by Gasteiger charge is -2.15. The molecule has 0 aliphatic carbocycles. The minimum atomic E-state index is -0.261. The number of aryl methyl sites for hydroxylation is 2. The number of nitrogens with two attached hydrogens (primary N) is 3. The lowest BCUT2D eigenvalue weighted by molar-refractivity contribution is -0.143. The summed E-state index contributed by atoms with van der Waals surface area (Å²) in [6.07, 6.45) is 1.93. The molecule has 11 nitrogen and oxygen atoms in total. The van der Waals surface area contributed by atoms with E-state index in [1.807, 2.05) is 25.1 Å². The van der Waals surface area contributed by atoms with Crippen molar-refractivity contribution in [2.24, 2.45) is 5.73 Å². The van der Waals surface area contributed by atoms with E-state index < -0.39 is 0 Å². The van der Waals surface area contributed by atoms with E-state index in [0.717, 1.165) is 5.56 Å². The predicted octanol–water partition coefficient (Wildman–Crippen LogP) is 1.90. The third kappa shape index (κ3) is 9.83. The summed E-state index contributed by atoms with van der Waals surface area (Å²) in [7, 11) is 0. The van der Waals surface area contributed by atoms with Crippen LogP contribution in [-0.2, 0) is 27.1 Å². The van der Waals surface area contributed by atoms with E-state index in [1.54, 1.807) is 6.92 Å². The molecule has 0 radical (unpaired) electrons. The van der Waals surface area contributed by atoms with Crippen LogP contribution in [0.15, 0.2) is 18.2 Å². The molecular weight excluding hydrogens is 454 g/mol. The van der Waals surface area contributed by atoms with Crippen molar-refractivity contribution >= 4 is 17.7 Å². The van der Waals surface area contributed by atoms with Gasteiger partial charge >= 0.3 is 5.97 Å². The molecule has 0 aliphatic heterocycles. The van der Waals surface area contributed by atoms with E-state index in [1.165, 1.54) is 0 Å². The molecule has 2 aromatic rings. The van der Waals surface area contributed by atoms with Crippen LogP contribution in [-0.4, -0.2) is 62.1 Å². The zero-order chi connectivity index (χ0) is 25.5. The maximum atomic E-state index is 11.9. The van der Waals surface area contributed by atoms with Crippen LogP contribution in [0.25, 0.3) is 0 Å². The topological polar surface area (TPSA) is 167 Å². The normalized spacial score (nSPS) is 10.7. The first-order valence-corrected chi connectivity index (χ1v) is 11.8. The Labute approximate surface area is 206 Å². The molecule has 0 amide bonds. The van der Waals surface area contributed by atoms with Crippen LogP contribution in [0.3, 0.4) is 0 Å². The molecule has 0 fully saturated rings. The molecule has 0 saturated heterocycles. The Morgan fingerprint density at radius 3 is 2.51 bits per heavy atom. The van der Waals surface area contributed by atoms with E-state index in [-0.39, 0.29) is 24.2 Å². The van der Waals surface area contributed by atoms with Crippen LogP contribution in [0, 0.1) is 0 Å². The van der Waals surface area contributed by atoms with E-state index in [9.17, 15) is 4.79 Å². The Bertz CT molecular complexity index is 928. The number of rotatable bonds is 17. The van der Waals surface area contributed by atoms with Gasteiger partial charge in [-0.3, -0.25) is 4.79 Å². The van der Waals surface area contributed by atoms with Crippen LogP contribution in [0.4, 0.5) is 11.8 Å². The Morgan fingerprint density at radius 2 is 1.77 bits per heavy atom. The van der Waals surface area contributed by atoms with Gasteiger partial charge in [0.2, 0.25) is 5.95 Å². The van der Waals surface area contributed by atoms with Gasteiger partial charge in [0.25, 0.3) is 0 Å². The first kappa shape index (κ1) is 27.9. The van der Waals surface area contributed by atoms with Gasteiger partial charge in [-0.2, -0.15) is 4.98 Å². The summed E-state index contributed by atoms with van der Waals surface area (Å²) >= 11 is 0. The highest BCUT2D eigenvalue weighted by Crippen LogP contribution is 2.27. The number of benzene rings is 1. The van der Waals surface area contributed by atoms with Crippen molar-refractivity contribution in [3.05, 3.63) is 29.5 Å². The number of carbonyl (C=O) groups is 1. The van der Waals surface area contributed by atoms with Gasteiger partial charge in [0.15, 0.2) is 11.6 Å². The zero-order valence-electron chi connectivity index (χ0n) is 20.6. The van der Waals surface area contributed by atoms with Crippen LogP contribution < -0.4 is 31.4 Å². The second kappa shape index (κ2) is 15.6. The highest BCUT2D eigenvalue weighted by atomic mass is 16.5. The highest BCUT2D eigenvalue weighted by molar-refractivity contribution is 5.69. The third-order valence-corrected chi connectivity index (χ3v) is 4.80. The molecule has 11 heteroatoms. The van der Waals surface area contributed by atoms with Crippen molar-refractivity contribution in [2.45, 2.75) is 39.5 Å². The van der Waals surface area contributed by atoms with Crippen molar-refractivity contribution in [1.29, 1.82) is 0 Å². The van der Waals surface area contributed by atoms with Gasteiger partial charge in [0, 0.05) is 19.4 Å². The van der Waals surface area contributed by atoms with E-state index in [0.29, 0.717) is 88.4 Å². The Morgan fingerprint density at radius 1 is 0.971 bits per heavy atom. The number of aromatic nitrogens is 2. The first-order valence-electron chi connectivity index (χ1n) is 11.8. The maximum Gasteiger partial charge on any atom is 0.306 e. The third-order valence-electron chi connectivity index (χ3n) is 4.80. The fraction of sp³-hybridized carbons (Fsp3) is 0.542. The summed E-state index contributed by atoms with van der Waals surface area (Å²) in [4.78, 5) is 20.0. The molecular formula is C24H37N5O6. The highest BCUT2D eigenvalue weighted by Gasteiger charge is 2.13. The molecule has 2 rings (SSSR count). The minimum absolute atomic E-state index is 0.126. The summed E-state index contributed by atoms with van der Waals surface area (Å²) in [5.41, 5.74) is 18.5. The fourth-order valence-corrected chi connectivity index (χ4v) is 3.20. The van der Waals surface area contributed by atoms with Crippen molar-refractivity contribution < 1.29 is 28.5 Å². The molecule has 1 aromatic carbocycles. The number of carbonyl (C=O) groups excluding carboxylic acids is 1. The van der Waals surface area contributed by atoms with Gasteiger partial charge < -0.3 is 40.9 Å². The monoisotopic (exact) mass is 491 g/mol. The summed E-state index contributed by atoms with van der Waals surface area (Å²) in [6.45, 7) is 6.63. The molecule has 0 atom stereocenters. The van der Waals surface area contributed by atoms with Crippen LogP contribution in [0.2, 0.25) is 0 Å². The van der Waals surface area contributed by atoms with Gasteiger partial charge in [-0.1, -0.05) is 6.92 Å². The van der Waals surface area contributed by atoms with Gasteiger partial charge in [0.1, 0.15) is 18.1 Å². The predicted molar refractivity (Wildman–Crippen MR) is 133 cm³/mol. The Hall–Kier alpha value is -3.31.